The van der Waals surface area contributed by atoms with E-state index in [1.54, 1.807) is 17.1 Å². The topological polar surface area (TPSA) is 59.8 Å². The van der Waals surface area contributed by atoms with Crippen LogP contribution in [0.2, 0.25) is 0 Å². The Hall–Kier alpha value is -2.17. The summed E-state index contributed by atoms with van der Waals surface area (Å²) in [6, 6.07) is 5.56. The molecule has 2 aromatic heterocycles. The third-order valence-electron chi connectivity index (χ3n) is 4.73. The summed E-state index contributed by atoms with van der Waals surface area (Å²) >= 11 is 0. The van der Waals surface area contributed by atoms with Gasteiger partial charge in [-0.15, -0.1) is 0 Å². The quantitative estimate of drug-likeness (QED) is 0.941. The lowest BCUT2D eigenvalue weighted by Crippen LogP contribution is -2.17. The lowest BCUT2D eigenvalue weighted by Gasteiger charge is -2.09. The van der Waals surface area contributed by atoms with Gasteiger partial charge in [0.1, 0.15) is 0 Å². The predicted molar refractivity (Wildman–Crippen MR) is 78.9 cm³/mol. The number of nitrogens with one attached hydrogen (secondary N) is 1. The molecular weight excluding hydrogens is 264 g/mol. The molecule has 0 aliphatic heterocycles. The van der Waals surface area contributed by atoms with Crippen LogP contribution in [0.3, 0.4) is 0 Å². The van der Waals surface area contributed by atoms with E-state index in [-0.39, 0.29) is 11.8 Å². The number of hydrogen-bond acceptors (Lipinski definition) is 3. The first-order chi connectivity index (χ1) is 10.3. The first-order valence-corrected chi connectivity index (χ1v) is 7.60. The number of pyridine rings is 1. The van der Waals surface area contributed by atoms with Gasteiger partial charge < -0.3 is 5.32 Å². The van der Waals surface area contributed by atoms with Gasteiger partial charge in [-0.3, -0.25) is 4.79 Å². The molecule has 2 aliphatic carbocycles. The average molecular weight is 282 g/mol. The third kappa shape index (κ3) is 2.22. The molecule has 1 amide bonds. The van der Waals surface area contributed by atoms with Gasteiger partial charge in [-0.25, -0.2) is 9.67 Å². The minimum Gasteiger partial charge on any atom is -0.323 e. The molecule has 3 atom stereocenters. The number of anilines is 1. The molecule has 2 fully saturated rings. The van der Waals surface area contributed by atoms with E-state index in [0.29, 0.717) is 17.7 Å². The number of rotatable bonds is 3. The molecule has 4 rings (SSSR count). The van der Waals surface area contributed by atoms with Crippen LogP contribution in [0.1, 0.15) is 25.7 Å². The number of hydrogen-bond donors (Lipinski definition) is 1. The molecule has 0 aromatic carbocycles. The van der Waals surface area contributed by atoms with Crippen molar-refractivity contribution < 1.29 is 4.79 Å². The Morgan fingerprint density at radius 1 is 1.19 bits per heavy atom. The standard InChI is InChI=1S/C16H18N4O/c21-16(14-11-5-1-2-6-12(11)14)19-13-7-3-8-17-15(13)20-10-4-9-18-20/h3-4,7-12,14H,1-2,5-6H2,(H,19,21)/t11-,12+,14?. The molecule has 108 valence electrons. The third-order valence-corrected chi connectivity index (χ3v) is 4.73. The largest absolute Gasteiger partial charge is 0.323 e. The molecule has 5 nitrogen and oxygen atoms in total. The number of amides is 1. The number of nitrogens with zero attached hydrogens (tertiary/aromatic N) is 3. The Morgan fingerprint density at radius 2 is 2.00 bits per heavy atom. The molecule has 1 N–H and O–H groups in total. The summed E-state index contributed by atoms with van der Waals surface area (Å²) in [6.07, 6.45) is 10.2. The Labute approximate surface area is 123 Å². The molecule has 1 unspecified atom stereocenters. The summed E-state index contributed by atoms with van der Waals surface area (Å²) in [5.74, 6) is 2.25. The van der Waals surface area contributed by atoms with E-state index in [1.807, 2.05) is 24.4 Å². The zero-order valence-corrected chi connectivity index (χ0v) is 11.8. The van der Waals surface area contributed by atoms with Crippen molar-refractivity contribution in [3.8, 4) is 5.82 Å². The molecule has 5 heteroatoms. The fourth-order valence-corrected chi connectivity index (χ4v) is 3.67. The summed E-state index contributed by atoms with van der Waals surface area (Å²) in [4.78, 5) is 16.8. The Balaban J connectivity index is 1.54. The van der Waals surface area contributed by atoms with Crippen LogP contribution in [-0.2, 0) is 4.79 Å². The molecular formula is C16H18N4O. The van der Waals surface area contributed by atoms with Gasteiger partial charge in [0, 0.05) is 24.5 Å². The van der Waals surface area contributed by atoms with Gasteiger partial charge in [-0.2, -0.15) is 5.10 Å². The van der Waals surface area contributed by atoms with E-state index in [1.165, 1.54) is 25.7 Å². The van der Waals surface area contributed by atoms with Gasteiger partial charge in [-0.05, 0) is 42.9 Å². The van der Waals surface area contributed by atoms with Crippen LogP contribution < -0.4 is 5.32 Å². The molecule has 21 heavy (non-hydrogen) atoms. The summed E-state index contributed by atoms with van der Waals surface area (Å²) in [7, 11) is 0. The van der Waals surface area contributed by atoms with Crippen molar-refractivity contribution in [1.82, 2.24) is 14.8 Å². The number of carbonyl (C=O) groups is 1. The van der Waals surface area contributed by atoms with E-state index >= 15 is 0 Å². The van der Waals surface area contributed by atoms with Gasteiger partial charge >= 0.3 is 0 Å². The lowest BCUT2D eigenvalue weighted by atomic mass is 10.0. The fraction of sp³-hybridized carbons (Fsp3) is 0.438. The fourth-order valence-electron chi connectivity index (χ4n) is 3.67. The first kappa shape index (κ1) is 12.6. The number of fused-ring (bicyclic) bond motifs is 1. The Morgan fingerprint density at radius 3 is 2.71 bits per heavy atom. The molecule has 0 saturated heterocycles. The predicted octanol–water partition coefficient (Wildman–Crippen LogP) is 2.64. The van der Waals surface area contributed by atoms with Crippen molar-refractivity contribution in [2.45, 2.75) is 25.7 Å². The van der Waals surface area contributed by atoms with Crippen LogP contribution in [0, 0.1) is 17.8 Å². The van der Waals surface area contributed by atoms with E-state index < -0.39 is 0 Å². The van der Waals surface area contributed by atoms with Gasteiger partial charge in [0.15, 0.2) is 5.82 Å². The van der Waals surface area contributed by atoms with Crippen molar-refractivity contribution in [2.75, 3.05) is 5.32 Å². The van der Waals surface area contributed by atoms with Gasteiger partial charge in [0.05, 0.1) is 5.69 Å². The Kier molecular flexibility index (Phi) is 2.98. The molecule has 2 aromatic rings. The number of aromatic nitrogens is 3. The van der Waals surface area contributed by atoms with Crippen molar-refractivity contribution in [2.24, 2.45) is 17.8 Å². The summed E-state index contributed by atoms with van der Waals surface area (Å²) in [5.41, 5.74) is 0.731. The molecule has 0 bridgehead atoms. The summed E-state index contributed by atoms with van der Waals surface area (Å²) in [6.45, 7) is 0. The zero-order chi connectivity index (χ0) is 14.2. The zero-order valence-electron chi connectivity index (χ0n) is 11.8. The maximum atomic E-state index is 12.5. The molecule has 2 heterocycles. The van der Waals surface area contributed by atoms with Crippen LogP contribution in [0.5, 0.6) is 0 Å². The lowest BCUT2D eigenvalue weighted by molar-refractivity contribution is -0.117. The average Bonchev–Trinajstić information content (AvgIpc) is 2.99. The maximum Gasteiger partial charge on any atom is 0.228 e. The second kappa shape index (κ2) is 4.98. The molecule has 2 aliphatic rings. The first-order valence-electron chi connectivity index (χ1n) is 7.60. The van der Waals surface area contributed by atoms with Crippen molar-refractivity contribution in [3.05, 3.63) is 36.8 Å². The summed E-state index contributed by atoms with van der Waals surface area (Å²) < 4.78 is 1.68. The summed E-state index contributed by atoms with van der Waals surface area (Å²) in [5, 5.41) is 7.24. The van der Waals surface area contributed by atoms with Crippen LogP contribution in [-0.4, -0.2) is 20.7 Å². The van der Waals surface area contributed by atoms with E-state index in [2.05, 4.69) is 15.4 Å². The van der Waals surface area contributed by atoms with Crippen molar-refractivity contribution in [3.63, 3.8) is 0 Å². The van der Waals surface area contributed by atoms with Crippen LogP contribution in [0.25, 0.3) is 5.82 Å². The van der Waals surface area contributed by atoms with Crippen LogP contribution in [0.4, 0.5) is 5.69 Å². The Bertz CT molecular complexity index is 640. The molecule has 0 radical (unpaired) electrons. The van der Waals surface area contributed by atoms with Gasteiger partial charge in [0.2, 0.25) is 5.91 Å². The highest BCUT2D eigenvalue weighted by Crippen LogP contribution is 2.55. The van der Waals surface area contributed by atoms with Crippen LogP contribution >= 0.6 is 0 Å². The van der Waals surface area contributed by atoms with Gasteiger partial charge in [-0.1, -0.05) is 12.8 Å². The van der Waals surface area contributed by atoms with E-state index in [4.69, 9.17) is 0 Å². The SMILES string of the molecule is O=C(Nc1cccnc1-n1cccn1)C1[C@H]2CCCC[C@@H]12. The minimum absolute atomic E-state index is 0.147. The van der Waals surface area contributed by atoms with Gasteiger partial charge in [0.25, 0.3) is 0 Å². The van der Waals surface area contributed by atoms with Crippen molar-refractivity contribution >= 4 is 11.6 Å². The minimum atomic E-state index is 0.147. The highest BCUT2D eigenvalue weighted by Gasteiger charge is 2.54. The normalized spacial score (nSPS) is 27.0. The second-order valence-electron chi connectivity index (χ2n) is 5.95. The van der Waals surface area contributed by atoms with E-state index in [0.717, 1.165) is 5.69 Å². The number of carbonyl (C=O) groups excluding carboxylic acids is 1. The maximum absolute atomic E-state index is 12.5. The van der Waals surface area contributed by atoms with Crippen molar-refractivity contribution in [1.29, 1.82) is 0 Å². The second-order valence-corrected chi connectivity index (χ2v) is 5.95. The molecule has 0 spiro atoms. The monoisotopic (exact) mass is 282 g/mol. The highest BCUT2D eigenvalue weighted by molar-refractivity contribution is 5.96. The highest BCUT2D eigenvalue weighted by atomic mass is 16.2. The smallest absolute Gasteiger partial charge is 0.228 e. The molecule has 2 saturated carbocycles. The van der Waals surface area contributed by atoms with E-state index in [9.17, 15) is 4.79 Å². The van der Waals surface area contributed by atoms with Crippen LogP contribution in [0.15, 0.2) is 36.8 Å².